The number of hydrogen-bond acceptors (Lipinski definition) is 4. The van der Waals surface area contributed by atoms with E-state index in [9.17, 15) is 18.9 Å². The smallest absolute Gasteiger partial charge is 0.332 e. The van der Waals surface area contributed by atoms with Gasteiger partial charge in [0.15, 0.2) is 0 Å². The fourth-order valence-electron chi connectivity index (χ4n) is 1.10. The zero-order chi connectivity index (χ0) is 14.0. The second-order valence-electron chi connectivity index (χ2n) is 3.46. The number of carbonyl (C=O) groups is 3. The summed E-state index contributed by atoms with van der Waals surface area (Å²) in [6.07, 6.45) is -1.21. The summed E-state index contributed by atoms with van der Waals surface area (Å²) in [5, 5.41) is 26.0. The summed E-state index contributed by atoms with van der Waals surface area (Å²) in [5.74, 6) is -6.55. The molecule has 0 amide bonds. The van der Waals surface area contributed by atoms with Crippen molar-refractivity contribution in [1.82, 2.24) is 0 Å². The van der Waals surface area contributed by atoms with Crippen LogP contribution < -0.4 is 0 Å². The van der Waals surface area contributed by atoms with Crippen LogP contribution in [0.4, 0.5) is 0 Å². The Balaban J connectivity index is 5.51. The van der Waals surface area contributed by atoms with E-state index in [4.69, 9.17) is 25.1 Å². The minimum atomic E-state index is -4.76. The molecule has 0 saturated carbocycles. The van der Waals surface area contributed by atoms with Gasteiger partial charge in [0, 0.05) is 0 Å². The van der Waals surface area contributed by atoms with Crippen LogP contribution in [0.3, 0.4) is 0 Å². The molecule has 0 saturated heterocycles. The van der Waals surface area contributed by atoms with E-state index in [1.165, 1.54) is 0 Å². The molecule has 0 heterocycles. The van der Waals surface area contributed by atoms with Crippen LogP contribution in [0.1, 0.15) is 13.3 Å². The van der Waals surface area contributed by atoms with Gasteiger partial charge in [-0.05, 0) is 6.42 Å². The largest absolute Gasteiger partial charge is 0.480 e. The normalized spacial score (nSPS) is 14.1. The third kappa shape index (κ3) is 3.02. The zero-order valence-electron chi connectivity index (χ0n) is 8.60. The van der Waals surface area contributed by atoms with Gasteiger partial charge in [-0.2, -0.15) is 0 Å². The Morgan fingerprint density at radius 3 is 1.53 bits per heavy atom. The van der Waals surface area contributed by atoms with Crippen molar-refractivity contribution in [3.63, 3.8) is 0 Å². The molecule has 0 aliphatic rings. The van der Waals surface area contributed by atoms with E-state index in [1.54, 1.807) is 0 Å². The summed E-state index contributed by atoms with van der Waals surface area (Å²) >= 11 is 0. The Hall–Kier alpha value is -1.44. The van der Waals surface area contributed by atoms with Gasteiger partial charge in [-0.25, -0.2) is 0 Å². The first-order valence-electron chi connectivity index (χ1n) is 4.21. The van der Waals surface area contributed by atoms with Crippen molar-refractivity contribution in [3.05, 3.63) is 0 Å². The van der Waals surface area contributed by atoms with E-state index < -0.39 is 43.0 Å². The molecule has 0 radical (unpaired) electrons. The average molecular weight is 270 g/mol. The molecule has 0 aromatic carbocycles. The Kier molecular flexibility index (Phi) is 4.41. The summed E-state index contributed by atoms with van der Waals surface area (Å²) in [5.41, 5.74) is -4.97. The zero-order valence-corrected chi connectivity index (χ0v) is 9.50. The molecule has 0 spiro atoms. The van der Waals surface area contributed by atoms with E-state index in [0.29, 0.717) is 0 Å². The highest BCUT2D eigenvalue weighted by Gasteiger charge is 2.56. The van der Waals surface area contributed by atoms with Gasteiger partial charge in [0.1, 0.15) is 0 Å². The third-order valence-corrected chi connectivity index (χ3v) is 3.60. The van der Waals surface area contributed by atoms with E-state index >= 15 is 0 Å². The minimum Gasteiger partial charge on any atom is -0.480 e. The highest BCUT2D eigenvalue weighted by Crippen LogP contribution is 2.46. The van der Waals surface area contributed by atoms with Crippen molar-refractivity contribution in [2.45, 2.75) is 19.0 Å². The molecule has 0 aliphatic heterocycles. The summed E-state index contributed by atoms with van der Waals surface area (Å²) < 4.78 is 10.8. The van der Waals surface area contributed by atoms with Crippen LogP contribution in [0.2, 0.25) is 0 Å². The molecular formula is C7H11O9P. The Morgan fingerprint density at radius 1 is 1.06 bits per heavy atom. The van der Waals surface area contributed by atoms with Gasteiger partial charge < -0.3 is 25.1 Å². The molecule has 9 nitrogen and oxygen atoms in total. The molecule has 1 atom stereocenters. The lowest BCUT2D eigenvalue weighted by atomic mass is 9.83. The van der Waals surface area contributed by atoms with Crippen molar-refractivity contribution in [3.8, 4) is 0 Å². The van der Waals surface area contributed by atoms with Crippen LogP contribution in [-0.2, 0) is 18.9 Å². The second kappa shape index (κ2) is 4.82. The summed E-state index contributed by atoms with van der Waals surface area (Å²) in [4.78, 5) is 49.7. The molecule has 0 rings (SSSR count). The quantitative estimate of drug-likeness (QED) is 0.305. The number of carboxylic acid groups (broad SMARTS) is 3. The predicted octanol–water partition coefficient (Wildman–Crippen LogP) is -0.817. The Bertz CT molecular complexity index is 358. The van der Waals surface area contributed by atoms with Crippen LogP contribution >= 0.6 is 7.60 Å². The summed E-state index contributed by atoms with van der Waals surface area (Å²) in [7, 11) is -4.76. The standard InChI is InChI=1S/C7H11O9P/c1-3(17(14,15)16)2-7(4(8)9,5(10)11)6(12)13/h3H,2H2,1H3,(H,8,9)(H,10,11)(H,12,13)(H2,14,15,16). The maximum Gasteiger partial charge on any atom is 0.332 e. The molecular weight excluding hydrogens is 259 g/mol. The first kappa shape index (κ1) is 15.6. The molecule has 98 valence electrons. The maximum absolute atomic E-state index is 10.8. The van der Waals surface area contributed by atoms with Gasteiger partial charge in [-0.15, -0.1) is 0 Å². The molecule has 0 bridgehead atoms. The van der Waals surface area contributed by atoms with Crippen LogP contribution in [-0.4, -0.2) is 48.7 Å². The Labute approximate surface area is 94.8 Å². The number of aliphatic carboxylic acids is 3. The van der Waals surface area contributed by atoms with Gasteiger partial charge in [-0.3, -0.25) is 18.9 Å². The van der Waals surface area contributed by atoms with Crippen LogP contribution in [0.15, 0.2) is 0 Å². The molecule has 5 N–H and O–H groups in total. The van der Waals surface area contributed by atoms with Crippen molar-refractivity contribution in [2.75, 3.05) is 0 Å². The lowest BCUT2D eigenvalue weighted by Gasteiger charge is -2.23. The molecule has 1 unspecified atom stereocenters. The second-order valence-corrected chi connectivity index (χ2v) is 5.52. The lowest BCUT2D eigenvalue weighted by molar-refractivity contribution is -0.176. The first-order valence-corrected chi connectivity index (χ1v) is 5.89. The van der Waals surface area contributed by atoms with Crippen LogP contribution in [0.25, 0.3) is 0 Å². The Morgan fingerprint density at radius 2 is 1.35 bits per heavy atom. The van der Waals surface area contributed by atoms with Crippen molar-refractivity contribution in [1.29, 1.82) is 0 Å². The van der Waals surface area contributed by atoms with E-state index in [0.717, 1.165) is 6.92 Å². The van der Waals surface area contributed by atoms with Crippen molar-refractivity contribution >= 4 is 25.5 Å². The molecule has 0 aliphatic carbocycles. The first-order chi connectivity index (χ1) is 7.46. The van der Waals surface area contributed by atoms with Gasteiger partial charge >= 0.3 is 25.5 Å². The topological polar surface area (TPSA) is 169 Å². The van der Waals surface area contributed by atoms with Crippen LogP contribution in [0.5, 0.6) is 0 Å². The monoisotopic (exact) mass is 270 g/mol. The predicted molar refractivity (Wildman–Crippen MR) is 51.5 cm³/mol. The van der Waals surface area contributed by atoms with E-state index in [2.05, 4.69) is 0 Å². The highest BCUT2D eigenvalue weighted by molar-refractivity contribution is 7.52. The van der Waals surface area contributed by atoms with Gasteiger partial charge in [0.25, 0.3) is 5.41 Å². The minimum absolute atomic E-state index is 0.879. The average Bonchev–Trinajstić information content (AvgIpc) is 2.09. The van der Waals surface area contributed by atoms with Crippen molar-refractivity contribution in [2.24, 2.45) is 5.41 Å². The molecule has 17 heavy (non-hydrogen) atoms. The number of rotatable bonds is 6. The lowest BCUT2D eigenvalue weighted by Crippen LogP contribution is -2.48. The molecule has 0 aromatic rings. The third-order valence-electron chi connectivity index (χ3n) is 2.27. The highest BCUT2D eigenvalue weighted by atomic mass is 31.2. The SMILES string of the molecule is CC(CC(C(=O)O)(C(=O)O)C(=O)O)P(=O)(O)O. The number of hydrogen-bond donors (Lipinski definition) is 5. The molecule has 0 aromatic heterocycles. The fourth-order valence-corrected chi connectivity index (χ4v) is 1.61. The van der Waals surface area contributed by atoms with E-state index in [1.807, 2.05) is 0 Å². The molecule has 10 heteroatoms. The summed E-state index contributed by atoms with van der Waals surface area (Å²) in [6.45, 7) is 0.879. The van der Waals surface area contributed by atoms with Gasteiger partial charge in [0.05, 0.1) is 5.66 Å². The summed E-state index contributed by atoms with van der Waals surface area (Å²) in [6, 6.07) is 0. The molecule has 0 fully saturated rings. The van der Waals surface area contributed by atoms with Gasteiger partial charge in [0.2, 0.25) is 0 Å². The maximum atomic E-state index is 10.8. The van der Waals surface area contributed by atoms with Crippen LogP contribution in [0, 0.1) is 5.41 Å². The van der Waals surface area contributed by atoms with Crippen molar-refractivity contribution < 1.29 is 44.1 Å². The van der Waals surface area contributed by atoms with Gasteiger partial charge in [-0.1, -0.05) is 6.92 Å². The fraction of sp³-hybridized carbons (Fsp3) is 0.571. The van der Waals surface area contributed by atoms with E-state index in [-0.39, 0.29) is 0 Å². The number of carboxylic acids is 3.